The monoisotopic (exact) mass is 361 g/mol. The van der Waals surface area contributed by atoms with Gasteiger partial charge in [-0.1, -0.05) is 12.1 Å². The maximum absolute atomic E-state index is 12.2. The average Bonchev–Trinajstić information content (AvgIpc) is 3.13. The fourth-order valence-corrected chi connectivity index (χ4v) is 2.05. The number of carbonyl (C=O) groups excluding carboxylic acids is 3. The number of amides is 1. The highest BCUT2D eigenvalue weighted by Gasteiger charge is 2.15. The normalized spacial score (nSPS) is 10.1. The average molecular weight is 361 g/mol. The molecule has 1 amide bonds. The van der Waals surface area contributed by atoms with Gasteiger partial charge < -0.3 is 23.9 Å². The van der Waals surface area contributed by atoms with E-state index in [4.69, 9.17) is 13.9 Å². The second kappa shape index (κ2) is 9.26. The molecule has 26 heavy (non-hydrogen) atoms. The highest BCUT2D eigenvalue weighted by atomic mass is 16.6. The molecule has 1 aromatic carbocycles. The van der Waals surface area contributed by atoms with Crippen molar-refractivity contribution in [1.29, 1.82) is 0 Å². The van der Waals surface area contributed by atoms with E-state index < -0.39 is 17.8 Å². The van der Waals surface area contributed by atoms with Crippen LogP contribution in [0.2, 0.25) is 0 Å². The summed E-state index contributed by atoms with van der Waals surface area (Å²) in [7, 11) is 1.23. The molecular weight excluding hydrogens is 342 g/mol. The fourth-order valence-electron chi connectivity index (χ4n) is 2.05. The van der Waals surface area contributed by atoms with Crippen molar-refractivity contribution in [3.8, 4) is 5.75 Å². The van der Waals surface area contributed by atoms with Gasteiger partial charge in [0.15, 0.2) is 0 Å². The van der Waals surface area contributed by atoms with Crippen molar-refractivity contribution >= 4 is 17.8 Å². The number of methoxy groups -OCH3 is 1. The second-order valence-corrected chi connectivity index (χ2v) is 5.03. The van der Waals surface area contributed by atoms with Crippen LogP contribution in [0, 0.1) is 0 Å². The summed E-state index contributed by atoms with van der Waals surface area (Å²) in [6, 6.07) is 9.64. The minimum atomic E-state index is -0.650. The lowest BCUT2D eigenvalue weighted by Crippen LogP contribution is -2.30. The van der Waals surface area contributed by atoms with Crippen LogP contribution in [0.25, 0.3) is 0 Å². The summed E-state index contributed by atoms with van der Waals surface area (Å²) in [6.45, 7) is 1.75. The maximum atomic E-state index is 12.2. The van der Waals surface area contributed by atoms with E-state index in [1.54, 1.807) is 24.3 Å². The molecular formula is C18H19NO7. The van der Waals surface area contributed by atoms with Crippen molar-refractivity contribution in [1.82, 2.24) is 5.32 Å². The van der Waals surface area contributed by atoms with Crippen LogP contribution in [0.3, 0.4) is 0 Å². The highest BCUT2D eigenvalue weighted by Crippen LogP contribution is 2.17. The summed E-state index contributed by atoms with van der Waals surface area (Å²) in [5.74, 6) is -0.985. The quantitative estimate of drug-likeness (QED) is 0.717. The van der Waals surface area contributed by atoms with Gasteiger partial charge in [0, 0.05) is 0 Å². The summed E-state index contributed by atoms with van der Waals surface area (Å²) in [5.41, 5.74) is 0.330. The maximum Gasteiger partial charge on any atom is 0.373 e. The molecule has 0 fully saturated rings. The van der Waals surface area contributed by atoms with Gasteiger partial charge in [-0.05, 0) is 31.2 Å². The Bertz CT molecular complexity index is 781. The topological polar surface area (TPSA) is 104 Å². The number of esters is 2. The van der Waals surface area contributed by atoms with E-state index in [0.717, 1.165) is 0 Å². The molecule has 0 saturated heterocycles. The second-order valence-electron chi connectivity index (χ2n) is 5.03. The smallest absolute Gasteiger partial charge is 0.373 e. The van der Waals surface area contributed by atoms with Gasteiger partial charge in [0.1, 0.15) is 24.7 Å². The largest absolute Gasteiger partial charge is 0.493 e. The number of nitrogens with one attached hydrogen (secondary N) is 1. The summed E-state index contributed by atoms with van der Waals surface area (Å²) >= 11 is 0. The first-order valence-electron chi connectivity index (χ1n) is 7.87. The van der Waals surface area contributed by atoms with E-state index >= 15 is 0 Å². The molecule has 0 saturated carbocycles. The molecule has 0 aliphatic heterocycles. The number of hydrogen-bond donors (Lipinski definition) is 1. The van der Waals surface area contributed by atoms with Gasteiger partial charge in [-0.25, -0.2) is 4.79 Å². The lowest BCUT2D eigenvalue weighted by molar-refractivity contribution is -0.144. The number of para-hydroxylation sites is 1. The van der Waals surface area contributed by atoms with Crippen molar-refractivity contribution in [2.24, 2.45) is 0 Å². The van der Waals surface area contributed by atoms with Crippen LogP contribution in [-0.4, -0.2) is 38.1 Å². The molecule has 0 aliphatic rings. The predicted molar refractivity (Wildman–Crippen MR) is 89.8 cm³/mol. The molecule has 0 aliphatic carbocycles. The minimum Gasteiger partial charge on any atom is -0.493 e. The number of ether oxygens (including phenoxy) is 3. The van der Waals surface area contributed by atoms with Crippen molar-refractivity contribution in [2.75, 3.05) is 20.3 Å². The summed E-state index contributed by atoms with van der Waals surface area (Å²) in [5, 5.41) is 2.47. The molecule has 8 nitrogen and oxygen atoms in total. The lowest BCUT2D eigenvalue weighted by atomic mass is 10.2. The van der Waals surface area contributed by atoms with E-state index in [0.29, 0.717) is 17.9 Å². The van der Waals surface area contributed by atoms with Gasteiger partial charge in [-0.3, -0.25) is 9.59 Å². The molecule has 1 aromatic heterocycles. The number of benzene rings is 1. The van der Waals surface area contributed by atoms with Gasteiger partial charge in [-0.15, -0.1) is 0 Å². The van der Waals surface area contributed by atoms with Crippen LogP contribution in [0.4, 0.5) is 0 Å². The van der Waals surface area contributed by atoms with Gasteiger partial charge in [0.05, 0.1) is 19.3 Å². The molecule has 0 bridgehead atoms. The van der Waals surface area contributed by atoms with E-state index in [9.17, 15) is 14.4 Å². The SMILES string of the molecule is CCOc1ccccc1C(=O)NCC(=O)OCc1ccc(C(=O)OC)o1. The molecule has 0 unspecified atom stereocenters. The highest BCUT2D eigenvalue weighted by molar-refractivity contribution is 5.98. The Labute approximate surface area is 150 Å². The van der Waals surface area contributed by atoms with Crippen LogP contribution in [-0.2, 0) is 20.9 Å². The summed E-state index contributed by atoms with van der Waals surface area (Å²) in [4.78, 5) is 35.2. The van der Waals surface area contributed by atoms with Gasteiger partial charge in [0.2, 0.25) is 5.76 Å². The molecule has 138 valence electrons. The molecule has 2 aromatic rings. The van der Waals surface area contributed by atoms with Crippen molar-refractivity contribution in [3.05, 3.63) is 53.5 Å². The number of carbonyl (C=O) groups is 3. The zero-order chi connectivity index (χ0) is 18.9. The zero-order valence-corrected chi connectivity index (χ0v) is 14.4. The Morgan fingerprint density at radius 3 is 2.62 bits per heavy atom. The molecule has 2 rings (SSSR count). The zero-order valence-electron chi connectivity index (χ0n) is 14.4. The first-order chi connectivity index (χ1) is 12.5. The number of hydrogen-bond acceptors (Lipinski definition) is 7. The number of rotatable bonds is 8. The van der Waals surface area contributed by atoms with Crippen molar-refractivity contribution in [3.63, 3.8) is 0 Å². The Kier molecular flexibility index (Phi) is 6.78. The van der Waals surface area contributed by atoms with Crippen LogP contribution in [0.15, 0.2) is 40.8 Å². The van der Waals surface area contributed by atoms with Gasteiger partial charge in [-0.2, -0.15) is 0 Å². The Balaban J connectivity index is 1.82. The third kappa shape index (κ3) is 5.10. The van der Waals surface area contributed by atoms with Crippen LogP contribution >= 0.6 is 0 Å². The first-order valence-corrected chi connectivity index (χ1v) is 7.87. The van der Waals surface area contributed by atoms with E-state index in [1.165, 1.54) is 19.2 Å². The molecule has 1 N–H and O–H groups in total. The van der Waals surface area contributed by atoms with Crippen molar-refractivity contribution in [2.45, 2.75) is 13.5 Å². The first kappa shape index (κ1) is 19.0. The Morgan fingerprint density at radius 1 is 1.12 bits per heavy atom. The van der Waals surface area contributed by atoms with Crippen LogP contribution in [0.1, 0.15) is 33.6 Å². The third-order valence-electron chi connectivity index (χ3n) is 3.25. The molecule has 0 radical (unpaired) electrons. The number of furan rings is 1. The van der Waals surface area contributed by atoms with Crippen molar-refractivity contribution < 1.29 is 33.0 Å². The van der Waals surface area contributed by atoms with Gasteiger partial charge >= 0.3 is 11.9 Å². The predicted octanol–water partition coefficient (Wildman–Crippen LogP) is 1.94. The standard InChI is InChI=1S/C18H19NO7/c1-3-24-14-7-5-4-6-13(14)17(21)19-10-16(20)25-11-12-8-9-15(26-12)18(22)23-2/h4-9H,3,10-11H2,1-2H3,(H,19,21). The molecule has 1 heterocycles. The van der Waals surface area contributed by atoms with E-state index in [2.05, 4.69) is 10.1 Å². The molecule has 0 spiro atoms. The minimum absolute atomic E-state index is 0.0133. The summed E-state index contributed by atoms with van der Waals surface area (Å²) in [6.07, 6.45) is 0. The summed E-state index contributed by atoms with van der Waals surface area (Å²) < 4.78 is 20.0. The van der Waals surface area contributed by atoms with E-state index in [-0.39, 0.29) is 24.7 Å². The van der Waals surface area contributed by atoms with Gasteiger partial charge in [0.25, 0.3) is 5.91 Å². The Morgan fingerprint density at radius 2 is 1.88 bits per heavy atom. The molecule has 8 heteroatoms. The third-order valence-corrected chi connectivity index (χ3v) is 3.25. The van der Waals surface area contributed by atoms with Crippen LogP contribution < -0.4 is 10.1 Å². The molecule has 0 atom stereocenters. The Hall–Kier alpha value is -3.29. The lowest BCUT2D eigenvalue weighted by Gasteiger charge is -2.10. The van der Waals surface area contributed by atoms with Crippen LogP contribution in [0.5, 0.6) is 5.75 Å². The van der Waals surface area contributed by atoms with E-state index in [1.807, 2.05) is 6.92 Å². The fraction of sp³-hybridized carbons (Fsp3) is 0.278.